The van der Waals surface area contributed by atoms with E-state index in [1.807, 2.05) is 54.9 Å². The first kappa shape index (κ1) is 18.0. The lowest BCUT2D eigenvalue weighted by Gasteiger charge is -2.20. The van der Waals surface area contributed by atoms with Crippen molar-refractivity contribution in [3.63, 3.8) is 0 Å². The number of anilines is 2. The summed E-state index contributed by atoms with van der Waals surface area (Å²) in [6.07, 6.45) is 1.91. The number of aromatic nitrogens is 2. The molecule has 1 atom stereocenters. The van der Waals surface area contributed by atoms with E-state index >= 15 is 0 Å². The molecule has 0 spiro atoms. The number of nitrogens with one attached hydrogen (secondary N) is 1. The molecule has 0 aliphatic carbocycles. The highest BCUT2D eigenvalue weighted by molar-refractivity contribution is 6.04. The van der Waals surface area contributed by atoms with Crippen LogP contribution in [0.15, 0.2) is 42.7 Å². The van der Waals surface area contributed by atoms with Crippen molar-refractivity contribution < 1.29 is 14.3 Å². The number of amides is 2. The molecule has 1 fully saturated rings. The third kappa shape index (κ3) is 3.19. The second-order valence-corrected chi connectivity index (χ2v) is 7.13. The number of methoxy groups -OCH3 is 1. The Balaban J connectivity index is 1.52. The molecule has 4 rings (SSSR count). The van der Waals surface area contributed by atoms with E-state index in [1.54, 1.807) is 18.3 Å². The number of nitrogens with zero attached hydrogens (tertiary/aromatic N) is 3. The van der Waals surface area contributed by atoms with E-state index in [1.165, 1.54) is 0 Å². The number of fused-ring (bicyclic) bond motifs is 1. The lowest BCUT2D eigenvalue weighted by Crippen LogP contribution is -2.28. The van der Waals surface area contributed by atoms with Crippen molar-refractivity contribution in [2.45, 2.75) is 13.3 Å². The average Bonchev–Trinajstić information content (AvgIpc) is 3.25. The predicted octanol–water partition coefficient (Wildman–Crippen LogP) is 2.88. The van der Waals surface area contributed by atoms with Gasteiger partial charge in [0.2, 0.25) is 11.8 Å². The summed E-state index contributed by atoms with van der Waals surface area (Å²) >= 11 is 0. The molecule has 1 unspecified atom stereocenters. The quantitative estimate of drug-likeness (QED) is 0.757. The van der Waals surface area contributed by atoms with E-state index < -0.39 is 5.92 Å². The second kappa shape index (κ2) is 6.99. The van der Waals surface area contributed by atoms with Crippen LogP contribution in [-0.2, 0) is 16.6 Å². The van der Waals surface area contributed by atoms with E-state index in [0.717, 1.165) is 16.6 Å². The summed E-state index contributed by atoms with van der Waals surface area (Å²) in [5.74, 6) is -0.0308. The second-order valence-electron chi connectivity index (χ2n) is 7.13. The Bertz CT molecular complexity index is 1070. The number of carbonyl (C=O) groups excluding carboxylic acids is 2. The third-order valence-corrected chi connectivity index (χ3v) is 5.11. The maximum atomic E-state index is 12.8. The molecule has 1 aliphatic heterocycles. The summed E-state index contributed by atoms with van der Waals surface area (Å²) in [4.78, 5) is 31.3. The largest absolute Gasteiger partial charge is 0.495 e. The highest BCUT2D eigenvalue weighted by atomic mass is 16.5. The van der Waals surface area contributed by atoms with Gasteiger partial charge in [0.05, 0.1) is 36.1 Å². The molecule has 1 aliphatic rings. The first-order valence-electron chi connectivity index (χ1n) is 9.13. The highest BCUT2D eigenvalue weighted by Crippen LogP contribution is 2.34. The minimum Gasteiger partial charge on any atom is -0.495 e. The Morgan fingerprint density at radius 2 is 2.07 bits per heavy atom. The van der Waals surface area contributed by atoms with Crippen molar-refractivity contribution in [3.05, 3.63) is 48.3 Å². The molecule has 1 aromatic heterocycles. The summed E-state index contributed by atoms with van der Waals surface area (Å²) in [5.41, 5.74) is 4.24. The van der Waals surface area contributed by atoms with Gasteiger partial charge in [-0.3, -0.25) is 9.59 Å². The normalized spacial score (nSPS) is 16.6. The smallest absolute Gasteiger partial charge is 0.229 e. The van der Waals surface area contributed by atoms with Gasteiger partial charge >= 0.3 is 0 Å². The maximum absolute atomic E-state index is 12.8. The van der Waals surface area contributed by atoms with Crippen molar-refractivity contribution in [2.75, 3.05) is 23.9 Å². The molecule has 3 aromatic rings. The van der Waals surface area contributed by atoms with Gasteiger partial charge in [0, 0.05) is 25.7 Å². The summed E-state index contributed by atoms with van der Waals surface area (Å²) in [5, 5.41) is 2.94. The molecule has 0 saturated carbocycles. The van der Waals surface area contributed by atoms with Gasteiger partial charge in [0.25, 0.3) is 0 Å². The van der Waals surface area contributed by atoms with Crippen LogP contribution in [0.1, 0.15) is 12.0 Å². The number of carbonyl (C=O) groups is 2. The van der Waals surface area contributed by atoms with Gasteiger partial charge in [0.1, 0.15) is 5.75 Å². The van der Waals surface area contributed by atoms with Crippen LogP contribution in [0.5, 0.6) is 5.75 Å². The van der Waals surface area contributed by atoms with Crippen LogP contribution < -0.4 is 15.0 Å². The van der Waals surface area contributed by atoms with Crippen LogP contribution in [0.2, 0.25) is 0 Å². The number of rotatable bonds is 4. The van der Waals surface area contributed by atoms with Crippen LogP contribution in [0, 0.1) is 12.8 Å². The van der Waals surface area contributed by atoms with Crippen molar-refractivity contribution >= 4 is 34.2 Å². The molecule has 7 heteroatoms. The Morgan fingerprint density at radius 1 is 1.25 bits per heavy atom. The van der Waals surface area contributed by atoms with E-state index in [9.17, 15) is 9.59 Å². The van der Waals surface area contributed by atoms with Gasteiger partial charge in [0.15, 0.2) is 0 Å². The topological polar surface area (TPSA) is 76.5 Å². The molecule has 2 amide bonds. The zero-order chi connectivity index (χ0) is 19.8. The Morgan fingerprint density at radius 3 is 2.86 bits per heavy atom. The van der Waals surface area contributed by atoms with Crippen LogP contribution >= 0.6 is 0 Å². The monoisotopic (exact) mass is 378 g/mol. The van der Waals surface area contributed by atoms with Gasteiger partial charge < -0.3 is 19.5 Å². The Labute approximate surface area is 162 Å². The molecule has 144 valence electrons. The van der Waals surface area contributed by atoms with Crippen molar-refractivity contribution in [1.82, 2.24) is 9.55 Å². The average molecular weight is 378 g/mol. The predicted molar refractivity (Wildman–Crippen MR) is 108 cm³/mol. The highest BCUT2D eigenvalue weighted by Gasteiger charge is 2.36. The van der Waals surface area contributed by atoms with Crippen molar-refractivity contribution in [1.29, 1.82) is 0 Å². The summed E-state index contributed by atoms with van der Waals surface area (Å²) in [7, 11) is 3.48. The molecule has 1 saturated heterocycles. The molecule has 2 heterocycles. The number of hydrogen-bond acceptors (Lipinski definition) is 4. The SMILES string of the molecule is COc1ccc(C)cc1N1CC(C(=O)Nc2ccc3ncn(C)c3c2)CC1=O. The molecule has 2 aromatic carbocycles. The lowest BCUT2D eigenvalue weighted by molar-refractivity contribution is -0.122. The zero-order valence-corrected chi connectivity index (χ0v) is 16.1. The number of benzene rings is 2. The van der Waals surface area contributed by atoms with Crippen molar-refractivity contribution in [2.24, 2.45) is 13.0 Å². The molecule has 7 nitrogen and oxygen atoms in total. The van der Waals surface area contributed by atoms with E-state index in [0.29, 0.717) is 23.7 Å². The fourth-order valence-electron chi connectivity index (χ4n) is 3.58. The van der Waals surface area contributed by atoms with E-state index in [2.05, 4.69) is 10.3 Å². The summed E-state index contributed by atoms with van der Waals surface area (Å²) < 4.78 is 7.29. The van der Waals surface area contributed by atoms with Crippen LogP contribution in [0.3, 0.4) is 0 Å². The molecule has 28 heavy (non-hydrogen) atoms. The summed E-state index contributed by atoms with van der Waals surface area (Å²) in [6, 6.07) is 11.3. The molecule has 1 N–H and O–H groups in total. The van der Waals surface area contributed by atoms with Crippen LogP contribution in [0.4, 0.5) is 11.4 Å². The summed E-state index contributed by atoms with van der Waals surface area (Å²) in [6.45, 7) is 2.29. The molecule has 0 radical (unpaired) electrons. The number of imidazole rings is 1. The minimum atomic E-state index is -0.417. The number of hydrogen-bond donors (Lipinski definition) is 1. The van der Waals surface area contributed by atoms with Crippen LogP contribution in [0.25, 0.3) is 11.0 Å². The number of ether oxygens (including phenoxy) is 1. The first-order valence-corrected chi connectivity index (χ1v) is 9.13. The molecular weight excluding hydrogens is 356 g/mol. The van der Waals surface area contributed by atoms with E-state index in [4.69, 9.17) is 4.74 Å². The fraction of sp³-hybridized carbons (Fsp3) is 0.286. The maximum Gasteiger partial charge on any atom is 0.229 e. The fourth-order valence-corrected chi connectivity index (χ4v) is 3.58. The number of aryl methyl sites for hydroxylation is 2. The van der Waals surface area contributed by atoms with Gasteiger partial charge in [-0.2, -0.15) is 0 Å². The van der Waals surface area contributed by atoms with Gasteiger partial charge in [-0.25, -0.2) is 4.98 Å². The molecule has 0 bridgehead atoms. The van der Waals surface area contributed by atoms with Crippen LogP contribution in [-0.4, -0.2) is 35.0 Å². The van der Waals surface area contributed by atoms with Crippen molar-refractivity contribution in [3.8, 4) is 5.75 Å². The van der Waals surface area contributed by atoms with Gasteiger partial charge in [-0.15, -0.1) is 0 Å². The van der Waals surface area contributed by atoms with Gasteiger partial charge in [-0.1, -0.05) is 6.07 Å². The lowest BCUT2D eigenvalue weighted by atomic mass is 10.1. The van der Waals surface area contributed by atoms with Gasteiger partial charge in [-0.05, 0) is 42.8 Å². The van der Waals surface area contributed by atoms with E-state index in [-0.39, 0.29) is 18.2 Å². The first-order chi connectivity index (χ1) is 13.5. The zero-order valence-electron chi connectivity index (χ0n) is 16.1. The Hall–Kier alpha value is -3.35. The third-order valence-electron chi connectivity index (χ3n) is 5.11. The minimum absolute atomic E-state index is 0.0777. The Kier molecular flexibility index (Phi) is 4.50. The molecular formula is C21H22N4O3. The standard InChI is InChI=1S/C21H22N4O3/c1-13-4-7-19(28-3)18(8-13)25-11-14(9-20(25)26)21(27)23-15-5-6-16-17(10-15)24(2)12-22-16/h4-8,10,12,14H,9,11H2,1-3H3,(H,23,27).